The van der Waals surface area contributed by atoms with E-state index in [2.05, 4.69) is 5.32 Å². The van der Waals surface area contributed by atoms with Crippen LogP contribution in [-0.4, -0.2) is 42.9 Å². The molecule has 0 saturated carbocycles. The summed E-state index contributed by atoms with van der Waals surface area (Å²) in [4.78, 5) is 24.3. The summed E-state index contributed by atoms with van der Waals surface area (Å²) in [5, 5.41) is 2.59. The van der Waals surface area contributed by atoms with Crippen molar-refractivity contribution in [2.45, 2.75) is 25.7 Å². The van der Waals surface area contributed by atoms with Crippen LogP contribution in [0.15, 0.2) is 0 Å². The predicted octanol–water partition coefficient (Wildman–Crippen LogP) is -0.536. The summed E-state index contributed by atoms with van der Waals surface area (Å²) in [5.74, 6) is -0.0755. The van der Waals surface area contributed by atoms with Crippen molar-refractivity contribution in [3.8, 4) is 0 Å². The van der Waals surface area contributed by atoms with E-state index in [1.807, 2.05) is 4.90 Å². The van der Waals surface area contributed by atoms with Crippen molar-refractivity contribution in [2.75, 3.05) is 26.2 Å². The maximum absolute atomic E-state index is 11.6. The van der Waals surface area contributed by atoms with Gasteiger partial charge in [0.05, 0.1) is 6.54 Å². The summed E-state index contributed by atoms with van der Waals surface area (Å²) in [6.45, 7) is 2.11. The fourth-order valence-corrected chi connectivity index (χ4v) is 1.68. The molecule has 0 aromatic rings. The van der Waals surface area contributed by atoms with Gasteiger partial charge in [-0.1, -0.05) is 0 Å². The van der Waals surface area contributed by atoms with Crippen LogP contribution in [0.4, 0.5) is 0 Å². The molecule has 0 unspecified atom stereocenters. The van der Waals surface area contributed by atoms with E-state index in [1.54, 1.807) is 0 Å². The largest absolute Gasteiger partial charge is 0.354 e. The van der Waals surface area contributed by atoms with Gasteiger partial charge >= 0.3 is 0 Å². The number of nitrogens with two attached hydrogens (primary N) is 1. The topological polar surface area (TPSA) is 75.4 Å². The third kappa shape index (κ3) is 4.29. The lowest BCUT2D eigenvalue weighted by molar-refractivity contribution is -0.132. The van der Waals surface area contributed by atoms with Gasteiger partial charge in [-0.3, -0.25) is 9.59 Å². The van der Waals surface area contributed by atoms with Crippen LogP contribution in [-0.2, 0) is 9.59 Å². The molecule has 1 aliphatic heterocycles. The molecule has 1 heterocycles. The first-order valence-corrected chi connectivity index (χ1v) is 5.48. The number of likely N-dealkylation sites (tertiary alicyclic amines) is 1. The molecule has 0 spiro atoms. The second kappa shape index (κ2) is 6.40. The van der Waals surface area contributed by atoms with Gasteiger partial charge in [-0.05, 0) is 19.3 Å². The molecule has 1 saturated heterocycles. The minimum absolute atomic E-state index is 0.0160. The van der Waals surface area contributed by atoms with Crippen molar-refractivity contribution in [3.63, 3.8) is 0 Å². The number of nitrogens with one attached hydrogen (secondary N) is 1. The smallest absolute Gasteiger partial charge is 0.233 e. The Morgan fingerprint density at radius 2 is 1.87 bits per heavy atom. The highest BCUT2D eigenvalue weighted by Crippen LogP contribution is 2.09. The van der Waals surface area contributed by atoms with E-state index < -0.39 is 0 Å². The highest BCUT2D eigenvalue weighted by Gasteiger charge is 2.15. The molecule has 0 aromatic carbocycles. The summed E-state index contributed by atoms with van der Waals surface area (Å²) < 4.78 is 0. The number of hydrogen-bond donors (Lipinski definition) is 2. The van der Waals surface area contributed by atoms with Gasteiger partial charge in [0, 0.05) is 26.1 Å². The average molecular weight is 213 g/mol. The monoisotopic (exact) mass is 213 g/mol. The standard InChI is InChI=1S/C10H19N3O2/c11-8-9(14)12-5-4-10(15)13-6-2-1-3-7-13/h1-8,11H2,(H,12,14). The lowest BCUT2D eigenvalue weighted by Crippen LogP contribution is -2.38. The first kappa shape index (κ1) is 12.0. The summed E-state index contributed by atoms with van der Waals surface area (Å²) in [6.07, 6.45) is 3.79. The van der Waals surface area contributed by atoms with E-state index in [0.29, 0.717) is 13.0 Å². The van der Waals surface area contributed by atoms with Crippen molar-refractivity contribution in [3.05, 3.63) is 0 Å². The molecule has 0 aliphatic carbocycles. The molecule has 86 valence electrons. The quantitative estimate of drug-likeness (QED) is 0.659. The molecule has 1 fully saturated rings. The van der Waals surface area contributed by atoms with Crippen LogP contribution in [0.2, 0.25) is 0 Å². The zero-order valence-corrected chi connectivity index (χ0v) is 9.00. The van der Waals surface area contributed by atoms with Crippen molar-refractivity contribution >= 4 is 11.8 Å². The molecular weight excluding hydrogens is 194 g/mol. The Morgan fingerprint density at radius 3 is 2.47 bits per heavy atom. The second-order valence-electron chi connectivity index (χ2n) is 3.75. The molecule has 0 atom stereocenters. The van der Waals surface area contributed by atoms with Crippen LogP contribution < -0.4 is 11.1 Å². The van der Waals surface area contributed by atoms with Gasteiger partial charge in [-0.15, -0.1) is 0 Å². The van der Waals surface area contributed by atoms with Crippen LogP contribution in [0.1, 0.15) is 25.7 Å². The number of hydrogen-bond acceptors (Lipinski definition) is 3. The van der Waals surface area contributed by atoms with Gasteiger partial charge in [-0.2, -0.15) is 0 Å². The lowest BCUT2D eigenvalue weighted by atomic mass is 10.1. The molecule has 1 aliphatic rings. The van der Waals surface area contributed by atoms with E-state index in [0.717, 1.165) is 25.9 Å². The van der Waals surface area contributed by atoms with Crippen molar-refractivity contribution < 1.29 is 9.59 Å². The summed E-state index contributed by atoms with van der Waals surface area (Å²) in [7, 11) is 0. The molecule has 0 radical (unpaired) electrons. The number of carbonyl (C=O) groups is 2. The van der Waals surface area contributed by atoms with Gasteiger partial charge in [0.1, 0.15) is 0 Å². The molecule has 5 nitrogen and oxygen atoms in total. The molecule has 0 aromatic heterocycles. The normalized spacial score (nSPS) is 16.2. The van der Waals surface area contributed by atoms with Crippen LogP contribution in [0.5, 0.6) is 0 Å². The second-order valence-corrected chi connectivity index (χ2v) is 3.75. The van der Waals surface area contributed by atoms with E-state index in [9.17, 15) is 9.59 Å². The number of carbonyl (C=O) groups excluding carboxylic acids is 2. The van der Waals surface area contributed by atoms with Gasteiger partial charge < -0.3 is 16.0 Å². The minimum atomic E-state index is -0.207. The maximum Gasteiger partial charge on any atom is 0.233 e. The fourth-order valence-electron chi connectivity index (χ4n) is 1.68. The van der Waals surface area contributed by atoms with Crippen LogP contribution >= 0.6 is 0 Å². The molecule has 3 N–H and O–H groups in total. The Labute approximate surface area is 90.0 Å². The van der Waals surface area contributed by atoms with E-state index in [-0.39, 0.29) is 18.4 Å². The third-order valence-corrected chi connectivity index (χ3v) is 2.56. The molecule has 15 heavy (non-hydrogen) atoms. The van der Waals surface area contributed by atoms with Gasteiger partial charge in [-0.25, -0.2) is 0 Å². The Morgan fingerprint density at radius 1 is 1.20 bits per heavy atom. The fraction of sp³-hybridized carbons (Fsp3) is 0.800. The first-order valence-electron chi connectivity index (χ1n) is 5.48. The Kier molecular flexibility index (Phi) is 5.10. The number of amides is 2. The zero-order chi connectivity index (χ0) is 11.1. The SMILES string of the molecule is NCC(=O)NCCC(=O)N1CCCCC1. The Balaban J connectivity index is 2.14. The number of piperidine rings is 1. The molecule has 5 heteroatoms. The Hall–Kier alpha value is -1.10. The summed E-state index contributed by atoms with van der Waals surface area (Å²) in [5.41, 5.74) is 5.12. The number of rotatable bonds is 4. The zero-order valence-electron chi connectivity index (χ0n) is 9.00. The minimum Gasteiger partial charge on any atom is -0.354 e. The molecule has 0 bridgehead atoms. The summed E-state index contributed by atoms with van der Waals surface area (Å²) in [6, 6.07) is 0. The van der Waals surface area contributed by atoms with Crippen LogP contribution in [0.25, 0.3) is 0 Å². The first-order chi connectivity index (χ1) is 7.24. The van der Waals surface area contributed by atoms with E-state index in [1.165, 1.54) is 6.42 Å². The van der Waals surface area contributed by atoms with Gasteiger partial charge in [0.2, 0.25) is 11.8 Å². The number of nitrogens with zero attached hydrogens (tertiary/aromatic N) is 1. The molecule has 1 rings (SSSR count). The lowest BCUT2D eigenvalue weighted by Gasteiger charge is -2.26. The van der Waals surface area contributed by atoms with Crippen molar-refractivity contribution in [2.24, 2.45) is 5.73 Å². The van der Waals surface area contributed by atoms with Crippen LogP contribution in [0, 0.1) is 0 Å². The Bertz CT molecular complexity index is 225. The van der Waals surface area contributed by atoms with Crippen molar-refractivity contribution in [1.29, 1.82) is 0 Å². The van der Waals surface area contributed by atoms with Gasteiger partial charge in [0.25, 0.3) is 0 Å². The average Bonchev–Trinajstić information content (AvgIpc) is 2.29. The van der Waals surface area contributed by atoms with Crippen LogP contribution in [0.3, 0.4) is 0 Å². The van der Waals surface area contributed by atoms with Gasteiger partial charge in [0.15, 0.2) is 0 Å². The highest BCUT2D eigenvalue weighted by molar-refractivity contribution is 5.80. The summed E-state index contributed by atoms with van der Waals surface area (Å²) >= 11 is 0. The van der Waals surface area contributed by atoms with E-state index >= 15 is 0 Å². The van der Waals surface area contributed by atoms with Crippen molar-refractivity contribution in [1.82, 2.24) is 10.2 Å². The maximum atomic E-state index is 11.6. The molecular formula is C10H19N3O2. The highest BCUT2D eigenvalue weighted by atomic mass is 16.2. The molecule has 2 amide bonds. The third-order valence-electron chi connectivity index (χ3n) is 2.56. The van der Waals surface area contributed by atoms with E-state index in [4.69, 9.17) is 5.73 Å². The predicted molar refractivity (Wildman–Crippen MR) is 57.1 cm³/mol.